The van der Waals surface area contributed by atoms with Crippen LogP contribution in [0.1, 0.15) is 45.4 Å². The smallest absolute Gasteiger partial charge is 0.405 e. The molecule has 1 amide bonds. The lowest BCUT2D eigenvalue weighted by atomic mass is 9.82. The van der Waals surface area contributed by atoms with Crippen LogP contribution in [0.5, 0.6) is 0 Å². The predicted molar refractivity (Wildman–Crippen MR) is 65.5 cm³/mol. The summed E-state index contributed by atoms with van der Waals surface area (Å²) in [4.78, 5) is 23.0. The maximum atomic E-state index is 12.2. The van der Waals surface area contributed by atoms with E-state index in [0.717, 1.165) is 12.8 Å². The van der Waals surface area contributed by atoms with E-state index in [-0.39, 0.29) is 5.78 Å². The van der Waals surface area contributed by atoms with Gasteiger partial charge in [0, 0.05) is 0 Å². The number of carboxylic acid groups (broad SMARTS) is 1. The van der Waals surface area contributed by atoms with Crippen LogP contribution in [0.3, 0.4) is 0 Å². The van der Waals surface area contributed by atoms with E-state index in [1.165, 1.54) is 19.3 Å². The van der Waals surface area contributed by atoms with Gasteiger partial charge >= 0.3 is 6.09 Å². The average molecular weight is 255 g/mol. The van der Waals surface area contributed by atoms with E-state index in [1.54, 1.807) is 6.92 Å². The summed E-state index contributed by atoms with van der Waals surface area (Å²) in [5, 5.41) is 11.2. The van der Waals surface area contributed by atoms with Gasteiger partial charge in [0.1, 0.15) is 5.60 Å². The standard InChI is InChI=1S/C13H21NO4/c1-13(8-18-13)11(15)10(14-12(16)17)7-9-5-3-2-4-6-9/h9-10,14H,2-8H2,1H3,(H,16,17). The Morgan fingerprint density at radius 1 is 1.39 bits per heavy atom. The first-order valence-corrected chi connectivity index (χ1v) is 6.69. The Balaban J connectivity index is 1.95. The van der Waals surface area contributed by atoms with Crippen LogP contribution < -0.4 is 5.32 Å². The number of epoxide rings is 1. The lowest BCUT2D eigenvalue weighted by Crippen LogP contribution is -2.46. The Bertz CT molecular complexity index is 332. The first-order chi connectivity index (χ1) is 8.51. The van der Waals surface area contributed by atoms with Crippen LogP contribution in [0.25, 0.3) is 0 Å². The van der Waals surface area contributed by atoms with Crippen LogP contribution in [0.15, 0.2) is 0 Å². The van der Waals surface area contributed by atoms with Gasteiger partial charge < -0.3 is 15.2 Å². The molecule has 5 heteroatoms. The fraction of sp³-hybridized carbons (Fsp3) is 0.846. The molecule has 1 saturated heterocycles. The molecule has 0 radical (unpaired) electrons. The normalized spacial score (nSPS) is 29.6. The Kier molecular flexibility index (Phi) is 3.90. The number of carbonyl (C=O) groups is 2. The zero-order valence-electron chi connectivity index (χ0n) is 10.8. The van der Waals surface area contributed by atoms with Crippen molar-refractivity contribution in [3.63, 3.8) is 0 Å². The van der Waals surface area contributed by atoms with E-state index in [2.05, 4.69) is 5.32 Å². The van der Waals surface area contributed by atoms with Crippen molar-refractivity contribution >= 4 is 11.9 Å². The molecule has 0 spiro atoms. The van der Waals surface area contributed by atoms with Gasteiger partial charge in [0.25, 0.3) is 0 Å². The van der Waals surface area contributed by atoms with Gasteiger partial charge in [-0.3, -0.25) is 4.79 Å². The number of Topliss-reactive ketones (excluding diaryl/α,β-unsaturated/α-hetero) is 1. The number of hydrogen-bond donors (Lipinski definition) is 2. The predicted octanol–water partition coefficient (Wildman–Crippen LogP) is 1.95. The van der Waals surface area contributed by atoms with Crippen molar-refractivity contribution in [2.45, 2.75) is 57.1 Å². The van der Waals surface area contributed by atoms with E-state index < -0.39 is 17.7 Å². The Morgan fingerprint density at radius 3 is 2.50 bits per heavy atom. The van der Waals surface area contributed by atoms with Gasteiger partial charge in [0.2, 0.25) is 0 Å². The van der Waals surface area contributed by atoms with E-state index in [0.29, 0.717) is 18.9 Å². The Hall–Kier alpha value is -1.10. The molecule has 1 aliphatic heterocycles. The van der Waals surface area contributed by atoms with Gasteiger partial charge in [0.05, 0.1) is 12.6 Å². The number of rotatable bonds is 5. The Morgan fingerprint density at radius 2 is 2.00 bits per heavy atom. The van der Waals surface area contributed by atoms with Crippen molar-refractivity contribution < 1.29 is 19.4 Å². The van der Waals surface area contributed by atoms with E-state index in [4.69, 9.17) is 9.84 Å². The molecule has 1 heterocycles. The monoisotopic (exact) mass is 255 g/mol. The molecule has 0 aromatic carbocycles. The van der Waals surface area contributed by atoms with Crippen LogP contribution in [0.2, 0.25) is 0 Å². The molecule has 0 aromatic heterocycles. The van der Waals surface area contributed by atoms with Crippen LogP contribution in [-0.2, 0) is 9.53 Å². The highest BCUT2D eigenvalue weighted by molar-refractivity contribution is 5.95. The highest BCUT2D eigenvalue weighted by Gasteiger charge is 2.50. The highest BCUT2D eigenvalue weighted by Crippen LogP contribution is 2.32. The maximum Gasteiger partial charge on any atom is 0.405 e. The molecule has 102 valence electrons. The fourth-order valence-electron chi connectivity index (χ4n) is 2.76. The maximum absolute atomic E-state index is 12.2. The third kappa shape index (κ3) is 3.22. The molecule has 2 aliphatic rings. The SMILES string of the molecule is CC1(C(=O)C(CC2CCCCC2)NC(=O)O)CO1. The van der Waals surface area contributed by atoms with Crippen molar-refractivity contribution in [3.8, 4) is 0 Å². The van der Waals surface area contributed by atoms with Gasteiger partial charge in [-0.05, 0) is 19.3 Å². The number of ketones is 1. The highest BCUT2D eigenvalue weighted by atomic mass is 16.6. The molecule has 2 unspecified atom stereocenters. The van der Waals surface area contributed by atoms with Crippen LogP contribution in [0, 0.1) is 5.92 Å². The lowest BCUT2D eigenvalue weighted by Gasteiger charge is -2.26. The summed E-state index contributed by atoms with van der Waals surface area (Å²) in [5.74, 6) is 0.345. The molecule has 2 atom stereocenters. The van der Waals surface area contributed by atoms with Gasteiger partial charge in [-0.15, -0.1) is 0 Å². The summed E-state index contributed by atoms with van der Waals surface area (Å²) < 4.78 is 5.13. The average Bonchev–Trinajstić information content (AvgIpc) is 3.08. The minimum atomic E-state index is -1.13. The van der Waals surface area contributed by atoms with Gasteiger partial charge in [-0.2, -0.15) is 0 Å². The quantitative estimate of drug-likeness (QED) is 0.736. The summed E-state index contributed by atoms with van der Waals surface area (Å²) >= 11 is 0. The number of nitrogens with one attached hydrogen (secondary N) is 1. The van der Waals surface area contributed by atoms with Crippen LogP contribution >= 0.6 is 0 Å². The van der Waals surface area contributed by atoms with Crippen molar-refractivity contribution in [2.75, 3.05) is 6.61 Å². The van der Waals surface area contributed by atoms with Gasteiger partial charge in [-0.1, -0.05) is 32.1 Å². The largest absolute Gasteiger partial charge is 0.465 e. The minimum absolute atomic E-state index is 0.115. The van der Waals surface area contributed by atoms with Gasteiger partial charge in [-0.25, -0.2) is 4.79 Å². The van der Waals surface area contributed by atoms with Crippen molar-refractivity contribution in [3.05, 3.63) is 0 Å². The molecular weight excluding hydrogens is 234 g/mol. The fourth-order valence-corrected chi connectivity index (χ4v) is 2.76. The van der Waals surface area contributed by atoms with E-state index in [9.17, 15) is 9.59 Å². The molecule has 0 bridgehead atoms. The summed E-state index contributed by atoms with van der Waals surface area (Å²) in [6, 6.07) is -0.613. The molecule has 18 heavy (non-hydrogen) atoms. The molecule has 1 saturated carbocycles. The van der Waals surface area contributed by atoms with Crippen LogP contribution in [0.4, 0.5) is 4.79 Å². The molecule has 2 N–H and O–H groups in total. The summed E-state index contributed by atoms with van der Waals surface area (Å²) in [5.41, 5.74) is -0.748. The zero-order valence-corrected chi connectivity index (χ0v) is 10.8. The van der Waals surface area contributed by atoms with Gasteiger partial charge in [0.15, 0.2) is 5.78 Å². The number of ether oxygens (including phenoxy) is 1. The second-order valence-corrected chi connectivity index (χ2v) is 5.63. The summed E-state index contributed by atoms with van der Waals surface area (Å²) in [7, 11) is 0. The number of amides is 1. The first kappa shape index (κ1) is 13.3. The lowest BCUT2D eigenvalue weighted by molar-refractivity contribution is -0.126. The second-order valence-electron chi connectivity index (χ2n) is 5.63. The number of hydrogen-bond acceptors (Lipinski definition) is 3. The molecule has 2 fully saturated rings. The zero-order chi connectivity index (χ0) is 13.2. The second kappa shape index (κ2) is 5.26. The first-order valence-electron chi connectivity index (χ1n) is 6.69. The summed E-state index contributed by atoms with van der Waals surface area (Å²) in [6.45, 7) is 2.14. The van der Waals surface area contributed by atoms with E-state index in [1.807, 2.05) is 0 Å². The Labute approximate surface area is 107 Å². The minimum Gasteiger partial charge on any atom is -0.465 e. The molecular formula is C13H21NO4. The molecule has 5 nitrogen and oxygen atoms in total. The van der Waals surface area contributed by atoms with Crippen LogP contribution in [-0.4, -0.2) is 35.2 Å². The third-order valence-electron chi connectivity index (χ3n) is 4.01. The van der Waals surface area contributed by atoms with Crippen molar-refractivity contribution in [2.24, 2.45) is 5.92 Å². The molecule has 0 aromatic rings. The number of carbonyl (C=O) groups excluding carboxylic acids is 1. The van der Waals surface area contributed by atoms with Crippen molar-refractivity contribution in [1.82, 2.24) is 5.32 Å². The topological polar surface area (TPSA) is 78.9 Å². The molecule has 1 aliphatic carbocycles. The molecule has 2 rings (SSSR count). The third-order valence-corrected chi connectivity index (χ3v) is 4.01. The van der Waals surface area contributed by atoms with E-state index >= 15 is 0 Å². The van der Waals surface area contributed by atoms with Crippen molar-refractivity contribution in [1.29, 1.82) is 0 Å². The summed E-state index contributed by atoms with van der Waals surface area (Å²) in [6.07, 6.45) is 5.31.